The van der Waals surface area contributed by atoms with Crippen molar-refractivity contribution >= 4 is 45.3 Å². The number of anilines is 2. The van der Waals surface area contributed by atoms with Crippen LogP contribution < -0.4 is 5.32 Å². The van der Waals surface area contributed by atoms with Crippen molar-refractivity contribution in [1.29, 1.82) is 0 Å². The average molecular weight is 430 g/mol. The van der Waals surface area contributed by atoms with E-state index in [0.717, 1.165) is 16.4 Å². The SMILES string of the molecule is Cc1cc(Nc2ccc(-c3cnc(C4CCCCC4)s3)c(SC(C)C)c2)sn1. The van der Waals surface area contributed by atoms with E-state index < -0.39 is 0 Å². The molecule has 3 nitrogen and oxygen atoms in total. The zero-order valence-electron chi connectivity index (χ0n) is 16.7. The number of aryl methyl sites for hydroxylation is 1. The van der Waals surface area contributed by atoms with Crippen LogP contribution in [0, 0.1) is 6.92 Å². The van der Waals surface area contributed by atoms with Crippen LogP contribution in [0.3, 0.4) is 0 Å². The standard InChI is InChI=1S/C22H27N3S3/c1-14(2)26-19-12-17(24-21-11-15(3)25-28-21)9-10-18(19)20-13-23-22(27-20)16-7-5-4-6-8-16/h9-14,16,24H,4-8H2,1-3H3. The van der Waals surface area contributed by atoms with Gasteiger partial charge in [-0.15, -0.1) is 23.1 Å². The van der Waals surface area contributed by atoms with E-state index in [0.29, 0.717) is 11.2 Å². The van der Waals surface area contributed by atoms with Crippen LogP contribution in [-0.4, -0.2) is 14.6 Å². The molecule has 1 N–H and O–H groups in total. The summed E-state index contributed by atoms with van der Waals surface area (Å²) in [5.74, 6) is 0.671. The Bertz CT molecular complexity index is 923. The number of nitrogens with one attached hydrogen (secondary N) is 1. The van der Waals surface area contributed by atoms with Gasteiger partial charge in [0.15, 0.2) is 0 Å². The first kappa shape index (κ1) is 19.9. The van der Waals surface area contributed by atoms with Crippen LogP contribution >= 0.6 is 34.6 Å². The summed E-state index contributed by atoms with van der Waals surface area (Å²) in [4.78, 5) is 7.43. The molecule has 3 aromatic rings. The molecule has 2 heterocycles. The van der Waals surface area contributed by atoms with Gasteiger partial charge in [0, 0.05) is 33.5 Å². The lowest BCUT2D eigenvalue weighted by molar-refractivity contribution is 0.442. The summed E-state index contributed by atoms with van der Waals surface area (Å²) in [6.45, 7) is 6.53. The van der Waals surface area contributed by atoms with Crippen molar-refractivity contribution in [1.82, 2.24) is 9.36 Å². The Morgan fingerprint density at radius 2 is 1.96 bits per heavy atom. The Kier molecular flexibility index (Phi) is 6.38. The van der Waals surface area contributed by atoms with Crippen LogP contribution in [0.25, 0.3) is 10.4 Å². The van der Waals surface area contributed by atoms with Crippen LogP contribution in [0.2, 0.25) is 0 Å². The second-order valence-electron chi connectivity index (χ2n) is 7.73. The minimum atomic E-state index is 0.533. The van der Waals surface area contributed by atoms with Crippen molar-refractivity contribution in [2.75, 3.05) is 5.32 Å². The van der Waals surface area contributed by atoms with Gasteiger partial charge >= 0.3 is 0 Å². The molecule has 28 heavy (non-hydrogen) atoms. The predicted molar refractivity (Wildman–Crippen MR) is 125 cm³/mol. The second-order valence-corrected chi connectivity index (χ2v) is 11.2. The van der Waals surface area contributed by atoms with Crippen molar-refractivity contribution in [3.63, 3.8) is 0 Å². The van der Waals surface area contributed by atoms with Gasteiger partial charge in [-0.1, -0.05) is 39.2 Å². The number of aromatic nitrogens is 2. The van der Waals surface area contributed by atoms with E-state index in [-0.39, 0.29) is 0 Å². The number of thioether (sulfide) groups is 1. The van der Waals surface area contributed by atoms with Gasteiger partial charge in [0.25, 0.3) is 0 Å². The number of nitrogens with zero attached hydrogens (tertiary/aromatic N) is 2. The predicted octanol–water partition coefficient (Wildman–Crippen LogP) is 7.87. The van der Waals surface area contributed by atoms with E-state index in [9.17, 15) is 0 Å². The first-order valence-electron chi connectivity index (χ1n) is 10.1. The third-order valence-electron chi connectivity index (χ3n) is 4.98. The smallest absolute Gasteiger partial charge is 0.114 e. The molecule has 1 aromatic carbocycles. The molecular weight excluding hydrogens is 402 g/mol. The Labute approximate surface area is 180 Å². The van der Waals surface area contributed by atoms with Crippen LogP contribution in [0.1, 0.15) is 62.6 Å². The summed E-state index contributed by atoms with van der Waals surface area (Å²) in [5.41, 5.74) is 3.48. The van der Waals surface area contributed by atoms with E-state index in [1.165, 1.54) is 64.0 Å². The van der Waals surface area contributed by atoms with Gasteiger partial charge < -0.3 is 5.32 Å². The van der Waals surface area contributed by atoms with Gasteiger partial charge in [0.05, 0.1) is 15.6 Å². The first-order valence-corrected chi connectivity index (χ1v) is 12.5. The molecule has 0 spiro atoms. The molecule has 1 aliphatic carbocycles. The third-order valence-corrected chi connectivity index (χ3v) is 8.04. The van der Waals surface area contributed by atoms with Gasteiger partial charge in [0.2, 0.25) is 0 Å². The summed E-state index contributed by atoms with van der Waals surface area (Å²) >= 11 is 5.32. The first-order chi connectivity index (χ1) is 13.6. The maximum Gasteiger partial charge on any atom is 0.114 e. The molecular formula is C22H27N3S3. The number of rotatable bonds is 6. The molecule has 2 aromatic heterocycles. The van der Waals surface area contributed by atoms with E-state index in [2.05, 4.69) is 54.0 Å². The molecule has 0 atom stereocenters. The molecule has 0 radical (unpaired) electrons. The normalized spacial score (nSPS) is 15.3. The minimum Gasteiger partial charge on any atom is -0.346 e. The molecule has 1 aliphatic rings. The van der Waals surface area contributed by atoms with Crippen molar-refractivity contribution in [2.24, 2.45) is 0 Å². The zero-order chi connectivity index (χ0) is 19.5. The van der Waals surface area contributed by atoms with Gasteiger partial charge in [-0.05, 0) is 49.5 Å². The van der Waals surface area contributed by atoms with E-state index >= 15 is 0 Å². The third kappa shape index (κ3) is 4.78. The maximum atomic E-state index is 4.82. The van der Waals surface area contributed by atoms with E-state index in [1.54, 1.807) is 0 Å². The van der Waals surface area contributed by atoms with Crippen molar-refractivity contribution in [3.05, 3.63) is 41.2 Å². The molecule has 0 saturated heterocycles. The Hall–Kier alpha value is -1.37. The van der Waals surface area contributed by atoms with Gasteiger partial charge in [-0.3, -0.25) is 0 Å². The highest BCUT2D eigenvalue weighted by molar-refractivity contribution is 8.00. The average Bonchev–Trinajstić information content (AvgIpc) is 3.32. The Morgan fingerprint density at radius 3 is 2.68 bits per heavy atom. The van der Waals surface area contributed by atoms with Crippen molar-refractivity contribution < 1.29 is 0 Å². The van der Waals surface area contributed by atoms with Crippen LogP contribution in [-0.2, 0) is 0 Å². The lowest BCUT2D eigenvalue weighted by Gasteiger charge is -2.19. The molecule has 4 rings (SSSR count). The lowest BCUT2D eigenvalue weighted by Crippen LogP contribution is -2.03. The molecule has 148 valence electrons. The molecule has 1 saturated carbocycles. The minimum absolute atomic E-state index is 0.533. The lowest BCUT2D eigenvalue weighted by atomic mass is 9.90. The van der Waals surface area contributed by atoms with E-state index in [4.69, 9.17) is 4.98 Å². The number of thiazole rings is 1. The van der Waals surface area contributed by atoms with Crippen molar-refractivity contribution in [2.45, 2.75) is 68.9 Å². The van der Waals surface area contributed by atoms with E-state index in [1.807, 2.05) is 30.0 Å². The maximum absolute atomic E-state index is 4.82. The Morgan fingerprint density at radius 1 is 1.14 bits per heavy atom. The molecule has 0 unspecified atom stereocenters. The van der Waals surface area contributed by atoms with Gasteiger partial charge in [-0.2, -0.15) is 4.37 Å². The summed E-state index contributed by atoms with van der Waals surface area (Å²) in [6, 6.07) is 8.79. The molecule has 0 amide bonds. The fourth-order valence-corrected chi connectivity index (χ4v) is 6.55. The van der Waals surface area contributed by atoms with Crippen LogP contribution in [0.4, 0.5) is 10.7 Å². The molecule has 6 heteroatoms. The van der Waals surface area contributed by atoms with Gasteiger partial charge in [0.1, 0.15) is 5.00 Å². The van der Waals surface area contributed by atoms with Crippen molar-refractivity contribution in [3.8, 4) is 10.4 Å². The number of hydrogen-bond acceptors (Lipinski definition) is 6. The van der Waals surface area contributed by atoms with Gasteiger partial charge in [-0.25, -0.2) is 4.98 Å². The fraction of sp³-hybridized carbons (Fsp3) is 0.455. The fourth-order valence-electron chi connectivity index (χ4n) is 3.67. The molecule has 1 fully saturated rings. The highest BCUT2D eigenvalue weighted by Crippen LogP contribution is 2.42. The summed E-state index contributed by atoms with van der Waals surface area (Å²) < 4.78 is 4.36. The highest BCUT2D eigenvalue weighted by Gasteiger charge is 2.20. The monoisotopic (exact) mass is 429 g/mol. The van der Waals surface area contributed by atoms with Crippen LogP contribution in [0.5, 0.6) is 0 Å². The summed E-state index contributed by atoms with van der Waals surface area (Å²) in [7, 11) is 0. The number of benzene rings is 1. The second kappa shape index (κ2) is 8.97. The number of hydrogen-bond donors (Lipinski definition) is 1. The Balaban J connectivity index is 1.61. The largest absolute Gasteiger partial charge is 0.346 e. The highest BCUT2D eigenvalue weighted by atomic mass is 32.2. The molecule has 0 bridgehead atoms. The topological polar surface area (TPSA) is 37.8 Å². The summed E-state index contributed by atoms with van der Waals surface area (Å²) in [6.07, 6.45) is 8.79. The van der Waals surface area contributed by atoms with Crippen LogP contribution in [0.15, 0.2) is 35.4 Å². The quantitative estimate of drug-likeness (QED) is 0.405. The molecule has 0 aliphatic heterocycles. The summed E-state index contributed by atoms with van der Waals surface area (Å²) in [5, 5.41) is 6.45. The zero-order valence-corrected chi connectivity index (χ0v) is 19.1.